The van der Waals surface area contributed by atoms with Gasteiger partial charge in [-0.05, 0) is 43.2 Å². The van der Waals surface area contributed by atoms with E-state index in [-0.39, 0.29) is 10.8 Å². The fraction of sp³-hybridized carbons (Fsp3) is 0.250. The molecular weight excluding hydrogens is 330 g/mol. The molecule has 1 heterocycles. The van der Waals surface area contributed by atoms with Crippen molar-refractivity contribution in [2.45, 2.75) is 25.7 Å². The van der Waals surface area contributed by atoms with Gasteiger partial charge in [-0.25, -0.2) is 13.4 Å². The van der Waals surface area contributed by atoms with Gasteiger partial charge in [0.2, 0.25) is 11.8 Å². The van der Waals surface area contributed by atoms with Crippen LogP contribution >= 0.6 is 0 Å². The maximum absolute atomic E-state index is 12.7. The number of ether oxygens (including phenoxy) is 1. The zero-order chi connectivity index (χ0) is 17.9. The van der Waals surface area contributed by atoms with Crippen LogP contribution in [-0.4, -0.2) is 26.4 Å². The van der Waals surface area contributed by atoms with E-state index in [1.165, 1.54) is 20.2 Å². The van der Waals surface area contributed by atoms with Crippen molar-refractivity contribution in [1.29, 1.82) is 0 Å². The van der Waals surface area contributed by atoms with Gasteiger partial charge in [0.05, 0.1) is 23.9 Å². The summed E-state index contributed by atoms with van der Waals surface area (Å²) in [5, 5.41) is 2.65. The molecule has 24 heavy (non-hydrogen) atoms. The Balaban J connectivity index is 2.36. The molecule has 0 saturated carbocycles. The van der Waals surface area contributed by atoms with Gasteiger partial charge in [-0.15, -0.1) is 0 Å². The predicted molar refractivity (Wildman–Crippen MR) is 91.8 cm³/mol. The van der Waals surface area contributed by atoms with Crippen molar-refractivity contribution in [1.82, 2.24) is 4.98 Å². The summed E-state index contributed by atoms with van der Waals surface area (Å²) in [4.78, 5) is 15.3. The Morgan fingerprint density at radius 2 is 1.75 bits per heavy atom. The third-order valence-corrected chi connectivity index (χ3v) is 4.93. The van der Waals surface area contributed by atoms with E-state index in [2.05, 4.69) is 15.0 Å². The SMILES string of the molecule is COc1ccc(NS(=O)(=O)c2c(C)cc(NC(C)=O)cc2C)cn1. The lowest BCUT2D eigenvalue weighted by Crippen LogP contribution is -2.16. The maximum Gasteiger partial charge on any atom is 0.262 e. The molecule has 1 aromatic heterocycles. The summed E-state index contributed by atoms with van der Waals surface area (Å²) in [6, 6.07) is 6.38. The van der Waals surface area contributed by atoms with E-state index in [4.69, 9.17) is 4.74 Å². The highest BCUT2D eigenvalue weighted by molar-refractivity contribution is 7.92. The number of anilines is 2. The molecule has 2 rings (SSSR count). The number of pyridine rings is 1. The molecule has 0 spiro atoms. The quantitative estimate of drug-likeness (QED) is 0.864. The zero-order valence-corrected chi connectivity index (χ0v) is 14.7. The fourth-order valence-corrected chi connectivity index (χ4v) is 3.92. The van der Waals surface area contributed by atoms with Gasteiger partial charge in [-0.1, -0.05) is 0 Å². The first-order chi connectivity index (χ1) is 11.2. The number of hydrogen-bond donors (Lipinski definition) is 2. The number of hydrogen-bond acceptors (Lipinski definition) is 5. The molecular formula is C16H19N3O4S. The molecule has 0 unspecified atom stereocenters. The van der Waals surface area contributed by atoms with Crippen LogP contribution in [0.25, 0.3) is 0 Å². The van der Waals surface area contributed by atoms with E-state index in [1.807, 2.05) is 0 Å². The van der Waals surface area contributed by atoms with Gasteiger partial charge < -0.3 is 10.1 Å². The summed E-state index contributed by atoms with van der Waals surface area (Å²) in [7, 11) is -2.30. The number of amides is 1. The summed E-state index contributed by atoms with van der Waals surface area (Å²) in [6.45, 7) is 4.76. The highest BCUT2D eigenvalue weighted by atomic mass is 32.2. The van der Waals surface area contributed by atoms with E-state index < -0.39 is 10.0 Å². The van der Waals surface area contributed by atoms with Gasteiger partial charge in [-0.3, -0.25) is 9.52 Å². The smallest absolute Gasteiger partial charge is 0.262 e. The Morgan fingerprint density at radius 3 is 2.21 bits per heavy atom. The standard InChI is InChI=1S/C16H19N3O4S/c1-10-7-14(18-12(3)20)8-11(2)16(10)24(21,22)19-13-5-6-15(23-4)17-9-13/h5-9,19H,1-4H3,(H,18,20). The summed E-state index contributed by atoms with van der Waals surface area (Å²) >= 11 is 0. The first-order valence-electron chi connectivity index (χ1n) is 7.14. The van der Waals surface area contributed by atoms with Crippen LogP contribution in [0.5, 0.6) is 5.88 Å². The second kappa shape index (κ2) is 6.88. The second-order valence-electron chi connectivity index (χ2n) is 5.32. The number of rotatable bonds is 5. The first kappa shape index (κ1) is 17.7. The zero-order valence-electron chi connectivity index (χ0n) is 13.9. The number of aromatic nitrogens is 1. The van der Waals surface area contributed by atoms with Gasteiger partial charge in [0.25, 0.3) is 10.0 Å². The van der Waals surface area contributed by atoms with Crippen LogP contribution < -0.4 is 14.8 Å². The molecule has 2 N–H and O–H groups in total. The lowest BCUT2D eigenvalue weighted by molar-refractivity contribution is -0.114. The van der Waals surface area contributed by atoms with E-state index in [0.29, 0.717) is 28.4 Å². The molecule has 1 amide bonds. The molecule has 0 aliphatic carbocycles. The van der Waals surface area contributed by atoms with Crippen LogP contribution in [0.1, 0.15) is 18.1 Å². The average Bonchev–Trinajstić information content (AvgIpc) is 2.45. The van der Waals surface area contributed by atoms with Crippen LogP contribution in [-0.2, 0) is 14.8 Å². The van der Waals surface area contributed by atoms with E-state index in [9.17, 15) is 13.2 Å². The molecule has 0 atom stereocenters. The topological polar surface area (TPSA) is 97.4 Å². The summed E-state index contributed by atoms with van der Waals surface area (Å²) in [6.07, 6.45) is 1.38. The summed E-state index contributed by atoms with van der Waals surface area (Å²) in [5.74, 6) is 0.178. The molecule has 8 heteroatoms. The van der Waals surface area contributed by atoms with Crippen molar-refractivity contribution in [2.75, 3.05) is 17.1 Å². The number of sulfonamides is 1. The Hall–Kier alpha value is -2.61. The number of carbonyl (C=O) groups is 1. The van der Waals surface area contributed by atoms with E-state index >= 15 is 0 Å². The number of methoxy groups -OCH3 is 1. The predicted octanol–water partition coefficient (Wildman–Crippen LogP) is 2.47. The van der Waals surface area contributed by atoms with Crippen molar-refractivity contribution in [3.8, 4) is 5.88 Å². The molecule has 0 saturated heterocycles. The first-order valence-corrected chi connectivity index (χ1v) is 8.63. The van der Waals surface area contributed by atoms with Gasteiger partial charge >= 0.3 is 0 Å². The average molecular weight is 349 g/mol. The minimum Gasteiger partial charge on any atom is -0.481 e. The highest BCUT2D eigenvalue weighted by Crippen LogP contribution is 2.26. The lowest BCUT2D eigenvalue weighted by atomic mass is 10.1. The number of benzene rings is 1. The third kappa shape index (κ3) is 4.02. The van der Waals surface area contributed by atoms with Crippen molar-refractivity contribution in [2.24, 2.45) is 0 Å². The molecule has 1 aromatic carbocycles. The lowest BCUT2D eigenvalue weighted by Gasteiger charge is -2.15. The molecule has 0 bridgehead atoms. The van der Waals surface area contributed by atoms with Gasteiger partial charge in [0.15, 0.2) is 0 Å². The van der Waals surface area contributed by atoms with Gasteiger partial charge in [-0.2, -0.15) is 0 Å². The number of carbonyl (C=O) groups excluding carboxylic acids is 1. The Kier molecular flexibility index (Phi) is 5.08. The summed E-state index contributed by atoms with van der Waals surface area (Å²) in [5.41, 5.74) is 1.96. The largest absolute Gasteiger partial charge is 0.481 e. The van der Waals surface area contributed by atoms with Crippen LogP contribution in [0, 0.1) is 13.8 Å². The fourth-order valence-electron chi connectivity index (χ4n) is 2.42. The molecule has 0 fully saturated rings. The molecule has 2 aromatic rings. The highest BCUT2D eigenvalue weighted by Gasteiger charge is 2.20. The van der Waals surface area contributed by atoms with Gasteiger partial charge in [0.1, 0.15) is 0 Å². The van der Waals surface area contributed by atoms with Crippen LogP contribution in [0.4, 0.5) is 11.4 Å². The normalized spacial score (nSPS) is 11.0. The summed E-state index contributed by atoms with van der Waals surface area (Å²) < 4.78 is 32.8. The molecule has 128 valence electrons. The minimum atomic E-state index is -3.78. The Labute approximate surface area is 141 Å². The Bertz CT molecular complexity index is 838. The number of nitrogens with zero attached hydrogens (tertiary/aromatic N) is 1. The van der Waals surface area contributed by atoms with Crippen molar-refractivity contribution < 1.29 is 17.9 Å². The van der Waals surface area contributed by atoms with Crippen LogP contribution in [0.15, 0.2) is 35.4 Å². The van der Waals surface area contributed by atoms with Crippen LogP contribution in [0.2, 0.25) is 0 Å². The van der Waals surface area contributed by atoms with E-state index in [1.54, 1.807) is 38.1 Å². The third-order valence-electron chi connectivity index (χ3n) is 3.25. The Morgan fingerprint density at radius 1 is 1.12 bits per heavy atom. The number of nitrogens with one attached hydrogen (secondary N) is 2. The van der Waals surface area contributed by atoms with Crippen molar-refractivity contribution in [3.63, 3.8) is 0 Å². The minimum absolute atomic E-state index is 0.174. The molecule has 7 nitrogen and oxygen atoms in total. The van der Waals surface area contributed by atoms with E-state index in [0.717, 1.165) is 0 Å². The van der Waals surface area contributed by atoms with Gasteiger partial charge in [0, 0.05) is 18.7 Å². The van der Waals surface area contributed by atoms with Crippen molar-refractivity contribution >= 4 is 27.3 Å². The molecule has 0 radical (unpaired) electrons. The van der Waals surface area contributed by atoms with Crippen molar-refractivity contribution in [3.05, 3.63) is 41.6 Å². The van der Waals surface area contributed by atoms with Crippen LogP contribution in [0.3, 0.4) is 0 Å². The monoisotopic (exact) mass is 349 g/mol. The number of aryl methyl sites for hydroxylation is 2. The molecule has 0 aliphatic rings. The maximum atomic E-state index is 12.7. The molecule has 0 aliphatic heterocycles. The second-order valence-corrected chi connectivity index (χ2v) is 6.93.